The summed E-state index contributed by atoms with van der Waals surface area (Å²) in [5.74, 6) is -1.28. The molecule has 4 N–H and O–H groups in total. The van der Waals surface area contributed by atoms with Crippen LogP contribution in [0, 0.1) is 0 Å². The van der Waals surface area contributed by atoms with Gasteiger partial charge in [-0.2, -0.15) is 0 Å². The van der Waals surface area contributed by atoms with E-state index in [0.717, 1.165) is 0 Å². The number of hydrogen-bond donors (Lipinski definition) is 4. The van der Waals surface area contributed by atoms with Gasteiger partial charge in [0.1, 0.15) is 12.2 Å². The Balaban J connectivity index is 2.00. The first kappa shape index (κ1) is 11.8. The third kappa shape index (κ3) is 2.22. The summed E-state index contributed by atoms with van der Waals surface area (Å²) in [4.78, 5) is 34.7. The van der Waals surface area contributed by atoms with Crippen molar-refractivity contribution in [3.8, 4) is 0 Å². The lowest BCUT2D eigenvalue weighted by atomic mass is 10.2. The minimum Gasteiger partial charge on any atom is -0.481 e. The van der Waals surface area contributed by atoms with Crippen LogP contribution >= 0.6 is 0 Å². The van der Waals surface area contributed by atoms with Crippen molar-refractivity contribution < 1.29 is 19.5 Å². The molecule has 0 spiro atoms. The van der Waals surface area contributed by atoms with Crippen LogP contribution in [-0.4, -0.2) is 53.3 Å². The molecular weight excluding hydrogens is 228 g/mol. The van der Waals surface area contributed by atoms with Crippen LogP contribution in [0.25, 0.3) is 0 Å². The molecule has 2 aliphatic heterocycles. The Morgan fingerprint density at radius 3 is 2.76 bits per heavy atom. The van der Waals surface area contributed by atoms with Crippen molar-refractivity contribution in [3.05, 3.63) is 0 Å². The van der Waals surface area contributed by atoms with Crippen molar-refractivity contribution in [3.63, 3.8) is 0 Å². The summed E-state index contributed by atoms with van der Waals surface area (Å²) in [5, 5.41) is 16.8. The molecule has 3 unspecified atom stereocenters. The molecule has 8 heteroatoms. The summed E-state index contributed by atoms with van der Waals surface area (Å²) in [6.45, 7) is 0. The van der Waals surface area contributed by atoms with Crippen LogP contribution in [-0.2, 0) is 9.59 Å². The van der Waals surface area contributed by atoms with Crippen molar-refractivity contribution in [2.45, 2.75) is 31.2 Å². The molecule has 17 heavy (non-hydrogen) atoms. The normalized spacial score (nSPS) is 32.3. The van der Waals surface area contributed by atoms with Crippen LogP contribution in [0.4, 0.5) is 4.79 Å². The number of nitrogens with zero attached hydrogens (tertiary/aromatic N) is 1. The molecule has 2 rings (SSSR count). The number of carboxylic acids is 1. The fourth-order valence-corrected chi connectivity index (χ4v) is 2.04. The molecule has 3 amide bonds. The fraction of sp³-hybridized carbons (Fsp3) is 0.667. The lowest BCUT2D eigenvalue weighted by Gasteiger charge is -2.32. The molecule has 0 saturated carbocycles. The molecular formula is C9H14N4O4. The van der Waals surface area contributed by atoms with Gasteiger partial charge in [0.2, 0.25) is 5.91 Å². The highest BCUT2D eigenvalue weighted by molar-refractivity contribution is 6.00. The van der Waals surface area contributed by atoms with Gasteiger partial charge in [0, 0.05) is 13.5 Å². The van der Waals surface area contributed by atoms with Crippen LogP contribution in [0.2, 0.25) is 0 Å². The van der Waals surface area contributed by atoms with Gasteiger partial charge >= 0.3 is 12.0 Å². The summed E-state index contributed by atoms with van der Waals surface area (Å²) in [6, 6.07) is -0.985. The van der Waals surface area contributed by atoms with Crippen molar-refractivity contribution in [2.75, 3.05) is 7.05 Å². The van der Waals surface area contributed by atoms with E-state index in [2.05, 4.69) is 16.0 Å². The standard InChI is InChI=1S/C9H14N4O4/c1-13-7-6(8(16)12-9(13)17)10-4(11-7)2-3-5(14)15/h4,6-7,10-11H,2-3H2,1H3,(H,14,15)(H,12,16,17). The molecule has 8 nitrogen and oxygen atoms in total. The molecule has 2 aliphatic rings. The number of hydrogen-bond acceptors (Lipinski definition) is 5. The lowest BCUT2D eigenvalue weighted by Crippen LogP contribution is -2.64. The van der Waals surface area contributed by atoms with Gasteiger partial charge in [-0.05, 0) is 6.42 Å². The molecule has 94 valence electrons. The van der Waals surface area contributed by atoms with Gasteiger partial charge in [0.25, 0.3) is 0 Å². The first-order valence-corrected chi connectivity index (χ1v) is 5.30. The second-order valence-corrected chi connectivity index (χ2v) is 4.15. The number of aliphatic carboxylic acids is 1. The minimum absolute atomic E-state index is 0.00336. The van der Waals surface area contributed by atoms with Gasteiger partial charge in [-0.1, -0.05) is 0 Å². The molecule has 2 saturated heterocycles. The maximum atomic E-state index is 11.5. The third-order valence-electron chi connectivity index (χ3n) is 2.97. The van der Waals surface area contributed by atoms with E-state index in [-0.39, 0.29) is 18.5 Å². The maximum Gasteiger partial charge on any atom is 0.325 e. The number of urea groups is 1. The Kier molecular flexibility index (Phi) is 2.99. The number of nitrogens with one attached hydrogen (secondary N) is 3. The topological polar surface area (TPSA) is 111 Å². The zero-order valence-corrected chi connectivity index (χ0v) is 9.27. The number of amides is 3. The van der Waals surface area contributed by atoms with Crippen LogP contribution < -0.4 is 16.0 Å². The lowest BCUT2D eigenvalue weighted by molar-refractivity contribution is -0.137. The van der Waals surface area contributed by atoms with Gasteiger partial charge in [-0.25, -0.2) is 4.79 Å². The van der Waals surface area contributed by atoms with E-state index in [0.29, 0.717) is 6.42 Å². The Morgan fingerprint density at radius 1 is 1.41 bits per heavy atom. The monoisotopic (exact) mass is 242 g/mol. The van der Waals surface area contributed by atoms with E-state index in [1.165, 1.54) is 4.90 Å². The van der Waals surface area contributed by atoms with E-state index >= 15 is 0 Å². The maximum absolute atomic E-state index is 11.5. The predicted octanol–water partition coefficient (Wildman–Crippen LogP) is -1.75. The van der Waals surface area contributed by atoms with E-state index in [9.17, 15) is 14.4 Å². The highest BCUT2D eigenvalue weighted by atomic mass is 16.4. The van der Waals surface area contributed by atoms with Gasteiger partial charge in [-0.3, -0.25) is 25.5 Å². The molecule has 2 fully saturated rings. The second-order valence-electron chi connectivity index (χ2n) is 4.15. The Bertz CT molecular complexity index is 372. The summed E-state index contributed by atoms with van der Waals surface area (Å²) < 4.78 is 0. The number of carbonyl (C=O) groups excluding carboxylic acids is 2. The Morgan fingerprint density at radius 2 is 2.12 bits per heavy atom. The van der Waals surface area contributed by atoms with Gasteiger partial charge in [0.15, 0.2) is 0 Å². The zero-order chi connectivity index (χ0) is 12.6. The summed E-state index contributed by atoms with van der Waals surface area (Å²) in [5.41, 5.74) is 0. The van der Waals surface area contributed by atoms with E-state index in [1.54, 1.807) is 7.05 Å². The summed E-state index contributed by atoms with van der Waals surface area (Å²) in [7, 11) is 1.58. The van der Waals surface area contributed by atoms with Gasteiger partial charge in [0.05, 0.1) is 6.17 Å². The van der Waals surface area contributed by atoms with Crippen LogP contribution in [0.15, 0.2) is 0 Å². The molecule has 0 aliphatic carbocycles. The van der Waals surface area contributed by atoms with E-state index in [4.69, 9.17) is 5.11 Å². The van der Waals surface area contributed by atoms with Crippen LogP contribution in [0.3, 0.4) is 0 Å². The fourth-order valence-electron chi connectivity index (χ4n) is 2.04. The Hall–Kier alpha value is -1.67. The van der Waals surface area contributed by atoms with E-state index < -0.39 is 24.2 Å². The summed E-state index contributed by atoms with van der Waals surface area (Å²) >= 11 is 0. The molecule has 0 aromatic carbocycles. The quantitative estimate of drug-likeness (QED) is 0.467. The van der Waals surface area contributed by atoms with Gasteiger partial charge in [-0.15, -0.1) is 0 Å². The number of carboxylic acid groups (broad SMARTS) is 1. The van der Waals surface area contributed by atoms with Gasteiger partial charge < -0.3 is 10.0 Å². The molecule has 0 aromatic rings. The number of fused-ring (bicyclic) bond motifs is 1. The van der Waals surface area contributed by atoms with Crippen molar-refractivity contribution in [1.29, 1.82) is 0 Å². The predicted molar refractivity (Wildman–Crippen MR) is 55.8 cm³/mol. The van der Waals surface area contributed by atoms with E-state index in [1.807, 2.05) is 0 Å². The molecule has 0 bridgehead atoms. The van der Waals surface area contributed by atoms with Crippen molar-refractivity contribution in [2.24, 2.45) is 0 Å². The zero-order valence-electron chi connectivity index (χ0n) is 9.27. The SMILES string of the molecule is CN1C(=O)NC(=O)C2NC(CCC(=O)O)NC21. The third-order valence-corrected chi connectivity index (χ3v) is 2.97. The molecule has 3 atom stereocenters. The number of rotatable bonds is 3. The summed E-state index contributed by atoms with van der Waals surface area (Å²) in [6.07, 6.45) is -0.337. The Labute approximate surface area is 97.3 Å². The largest absolute Gasteiger partial charge is 0.481 e. The minimum atomic E-state index is -0.891. The highest BCUT2D eigenvalue weighted by Crippen LogP contribution is 2.15. The number of carbonyl (C=O) groups is 3. The first-order valence-electron chi connectivity index (χ1n) is 5.30. The number of imide groups is 1. The average Bonchev–Trinajstić information content (AvgIpc) is 2.68. The smallest absolute Gasteiger partial charge is 0.325 e. The molecule has 2 heterocycles. The molecule has 0 radical (unpaired) electrons. The van der Waals surface area contributed by atoms with Crippen LogP contribution in [0.5, 0.6) is 0 Å². The van der Waals surface area contributed by atoms with Crippen LogP contribution in [0.1, 0.15) is 12.8 Å². The van der Waals surface area contributed by atoms with Crippen molar-refractivity contribution >= 4 is 17.9 Å². The second kappa shape index (κ2) is 4.30. The number of likely N-dealkylation sites (N-methyl/N-ethyl adjacent to an activating group) is 1. The highest BCUT2D eigenvalue weighted by Gasteiger charge is 2.45. The van der Waals surface area contributed by atoms with Crippen molar-refractivity contribution in [1.82, 2.24) is 20.9 Å². The first-order chi connectivity index (χ1) is 7.99. The molecule has 0 aromatic heterocycles. The average molecular weight is 242 g/mol.